The Bertz CT molecular complexity index is 329. The van der Waals surface area contributed by atoms with Gasteiger partial charge in [-0.3, -0.25) is 0 Å². The SMILES string of the molecule is COCOc1ccc(C(C)(C)C)cc1N. The van der Waals surface area contributed by atoms with Crippen LogP contribution in [0.2, 0.25) is 0 Å². The molecule has 0 unspecified atom stereocenters. The highest BCUT2D eigenvalue weighted by Gasteiger charge is 2.14. The van der Waals surface area contributed by atoms with Gasteiger partial charge in [0.25, 0.3) is 0 Å². The first-order chi connectivity index (χ1) is 6.95. The van der Waals surface area contributed by atoms with E-state index in [1.54, 1.807) is 7.11 Å². The zero-order valence-corrected chi connectivity index (χ0v) is 9.83. The third kappa shape index (κ3) is 3.13. The van der Waals surface area contributed by atoms with Crippen LogP contribution < -0.4 is 10.5 Å². The highest BCUT2D eigenvalue weighted by atomic mass is 16.7. The molecule has 3 heteroatoms. The molecule has 0 spiro atoms. The van der Waals surface area contributed by atoms with Gasteiger partial charge in [-0.25, -0.2) is 0 Å². The number of rotatable bonds is 3. The number of anilines is 1. The number of benzene rings is 1. The number of hydrogen-bond acceptors (Lipinski definition) is 3. The van der Waals surface area contributed by atoms with Gasteiger partial charge in [0, 0.05) is 7.11 Å². The molecule has 15 heavy (non-hydrogen) atoms. The van der Waals surface area contributed by atoms with Crippen molar-refractivity contribution in [1.82, 2.24) is 0 Å². The zero-order chi connectivity index (χ0) is 11.5. The summed E-state index contributed by atoms with van der Waals surface area (Å²) >= 11 is 0. The average molecular weight is 209 g/mol. The van der Waals surface area contributed by atoms with E-state index in [1.807, 2.05) is 18.2 Å². The van der Waals surface area contributed by atoms with E-state index in [9.17, 15) is 0 Å². The molecule has 0 bridgehead atoms. The first-order valence-electron chi connectivity index (χ1n) is 4.97. The van der Waals surface area contributed by atoms with E-state index in [2.05, 4.69) is 20.8 Å². The smallest absolute Gasteiger partial charge is 0.188 e. The van der Waals surface area contributed by atoms with Gasteiger partial charge in [-0.15, -0.1) is 0 Å². The molecule has 1 aromatic rings. The van der Waals surface area contributed by atoms with E-state index in [0.29, 0.717) is 11.4 Å². The number of nitrogen functional groups attached to an aromatic ring is 1. The monoisotopic (exact) mass is 209 g/mol. The van der Waals surface area contributed by atoms with Gasteiger partial charge in [0.2, 0.25) is 0 Å². The molecule has 0 amide bonds. The molecule has 0 saturated heterocycles. The van der Waals surface area contributed by atoms with Gasteiger partial charge >= 0.3 is 0 Å². The maximum Gasteiger partial charge on any atom is 0.188 e. The van der Waals surface area contributed by atoms with Crippen LogP contribution in [0, 0.1) is 0 Å². The van der Waals surface area contributed by atoms with Gasteiger partial charge < -0.3 is 15.2 Å². The fraction of sp³-hybridized carbons (Fsp3) is 0.500. The van der Waals surface area contributed by atoms with Crippen molar-refractivity contribution in [2.24, 2.45) is 0 Å². The van der Waals surface area contributed by atoms with Crippen LogP contribution in [0.25, 0.3) is 0 Å². The van der Waals surface area contributed by atoms with E-state index in [-0.39, 0.29) is 12.2 Å². The van der Waals surface area contributed by atoms with Crippen molar-refractivity contribution in [2.45, 2.75) is 26.2 Å². The van der Waals surface area contributed by atoms with Gasteiger partial charge in [0.1, 0.15) is 5.75 Å². The molecule has 0 aromatic heterocycles. The molecule has 3 nitrogen and oxygen atoms in total. The normalized spacial score (nSPS) is 11.5. The van der Waals surface area contributed by atoms with Crippen molar-refractivity contribution < 1.29 is 9.47 Å². The van der Waals surface area contributed by atoms with Gasteiger partial charge in [0.15, 0.2) is 6.79 Å². The van der Waals surface area contributed by atoms with E-state index in [1.165, 1.54) is 5.56 Å². The topological polar surface area (TPSA) is 44.5 Å². The van der Waals surface area contributed by atoms with Crippen LogP contribution in [0.5, 0.6) is 5.75 Å². The molecular weight excluding hydrogens is 190 g/mol. The Morgan fingerprint density at radius 2 is 1.93 bits per heavy atom. The van der Waals surface area contributed by atoms with Crippen LogP contribution in [-0.4, -0.2) is 13.9 Å². The lowest BCUT2D eigenvalue weighted by Crippen LogP contribution is -2.12. The van der Waals surface area contributed by atoms with Crippen LogP contribution in [-0.2, 0) is 10.2 Å². The fourth-order valence-electron chi connectivity index (χ4n) is 1.27. The maximum atomic E-state index is 5.88. The van der Waals surface area contributed by atoms with Crippen molar-refractivity contribution in [3.63, 3.8) is 0 Å². The zero-order valence-electron chi connectivity index (χ0n) is 9.83. The van der Waals surface area contributed by atoms with Crippen LogP contribution in [0.1, 0.15) is 26.3 Å². The lowest BCUT2D eigenvalue weighted by molar-refractivity contribution is 0.0516. The lowest BCUT2D eigenvalue weighted by atomic mass is 9.87. The van der Waals surface area contributed by atoms with Gasteiger partial charge in [0.05, 0.1) is 5.69 Å². The Hall–Kier alpha value is -1.22. The fourth-order valence-corrected chi connectivity index (χ4v) is 1.27. The largest absolute Gasteiger partial charge is 0.465 e. The van der Waals surface area contributed by atoms with Crippen molar-refractivity contribution >= 4 is 5.69 Å². The van der Waals surface area contributed by atoms with Crippen molar-refractivity contribution in [2.75, 3.05) is 19.6 Å². The molecule has 0 aliphatic carbocycles. The molecule has 0 aliphatic heterocycles. The minimum absolute atomic E-state index is 0.105. The van der Waals surface area contributed by atoms with Crippen molar-refractivity contribution in [3.05, 3.63) is 23.8 Å². The summed E-state index contributed by atoms with van der Waals surface area (Å²) in [6.45, 7) is 6.67. The molecule has 0 radical (unpaired) electrons. The molecule has 0 heterocycles. The molecule has 1 aromatic carbocycles. The summed E-state index contributed by atoms with van der Waals surface area (Å²) in [7, 11) is 1.58. The number of nitrogens with two attached hydrogens (primary N) is 1. The standard InChI is InChI=1S/C12H19NO2/c1-12(2,3)9-5-6-11(10(13)7-9)15-8-14-4/h5-7H,8,13H2,1-4H3. The van der Waals surface area contributed by atoms with E-state index in [4.69, 9.17) is 15.2 Å². The summed E-state index contributed by atoms with van der Waals surface area (Å²) in [5.74, 6) is 0.671. The lowest BCUT2D eigenvalue weighted by Gasteiger charge is -2.20. The predicted octanol–water partition coefficient (Wildman–Crippen LogP) is 2.55. The third-order valence-electron chi connectivity index (χ3n) is 2.21. The minimum Gasteiger partial charge on any atom is -0.465 e. The summed E-state index contributed by atoms with van der Waals surface area (Å²) < 4.78 is 10.1. The molecule has 0 saturated carbocycles. The number of hydrogen-bond donors (Lipinski definition) is 1. The second kappa shape index (κ2) is 4.53. The van der Waals surface area contributed by atoms with Gasteiger partial charge in [-0.1, -0.05) is 26.8 Å². The minimum atomic E-state index is 0.105. The first kappa shape index (κ1) is 11.9. The highest BCUT2D eigenvalue weighted by Crippen LogP contribution is 2.29. The summed E-state index contributed by atoms with van der Waals surface area (Å²) in [5.41, 5.74) is 7.83. The molecule has 84 valence electrons. The maximum absolute atomic E-state index is 5.88. The van der Waals surface area contributed by atoms with Gasteiger partial charge in [-0.05, 0) is 23.1 Å². The van der Waals surface area contributed by atoms with Crippen LogP contribution in [0.3, 0.4) is 0 Å². The Morgan fingerprint density at radius 3 is 2.40 bits per heavy atom. The number of methoxy groups -OCH3 is 1. The summed E-state index contributed by atoms with van der Waals surface area (Å²) in [6.07, 6.45) is 0. The first-order valence-corrected chi connectivity index (χ1v) is 4.97. The number of ether oxygens (including phenoxy) is 2. The van der Waals surface area contributed by atoms with Crippen LogP contribution in [0.4, 0.5) is 5.69 Å². The molecule has 0 atom stereocenters. The molecule has 0 aliphatic rings. The quantitative estimate of drug-likeness (QED) is 0.614. The summed E-state index contributed by atoms with van der Waals surface area (Å²) in [6, 6.07) is 5.86. The Morgan fingerprint density at radius 1 is 1.27 bits per heavy atom. The van der Waals surface area contributed by atoms with Crippen LogP contribution >= 0.6 is 0 Å². The Kier molecular flexibility index (Phi) is 3.58. The molecule has 0 fully saturated rings. The Balaban J connectivity index is 2.88. The van der Waals surface area contributed by atoms with Crippen molar-refractivity contribution in [3.8, 4) is 5.75 Å². The third-order valence-corrected chi connectivity index (χ3v) is 2.21. The van der Waals surface area contributed by atoms with E-state index in [0.717, 1.165) is 0 Å². The molecule has 2 N–H and O–H groups in total. The second-order valence-electron chi connectivity index (χ2n) is 4.55. The Labute approximate surface area is 91.2 Å². The molecule has 1 rings (SSSR count). The van der Waals surface area contributed by atoms with E-state index >= 15 is 0 Å². The average Bonchev–Trinajstić information content (AvgIpc) is 2.14. The van der Waals surface area contributed by atoms with E-state index < -0.39 is 0 Å². The summed E-state index contributed by atoms with van der Waals surface area (Å²) in [4.78, 5) is 0. The van der Waals surface area contributed by atoms with Crippen molar-refractivity contribution in [1.29, 1.82) is 0 Å². The predicted molar refractivity (Wildman–Crippen MR) is 62.1 cm³/mol. The summed E-state index contributed by atoms with van der Waals surface area (Å²) in [5, 5.41) is 0. The van der Waals surface area contributed by atoms with Gasteiger partial charge in [-0.2, -0.15) is 0 Å². The highest BCUT2D eigenvalue weighted by molar-refractivity contribution is 5.55. The molecular formula is C12H19NO2. The van der Waals surface area contributed by atoms with Crippen LogP contribution in [0.15, 0.2) is 18.2 Å². The second-order valence-corrected chi connectivity index (χ2v) is 4.55.